The van der Waals surface area contributed by atoms with Gasteiger partial charge in [-0.1, -0.05) is 30.3 Å². The molecule has 0 aliphatic heterocycles. The number of hydrogen-bond donors (Lipinski definition) is 3. The maximum atomic E-state index is 11.9. The van der Waals surface area contributed by atoms with Gasteiger partial charge < -0.3 is 30.0 Å². The summed E-state index contributed by atoms with van der Waals surface area (Å²) in [7, 11) is 1.17. The van der Waals surface area contributed by atoms with Gasteiger partial charge in [-0.15, -0.1) is 0 Å². The molecule has 31 heavy (non-hydrogen) atoms. The van der Waals surface area contributed by atoms with Crippen LogP contribution in [0, 0.1) is 0 Å². The van der Waals surface area contributed by atoms with Crippen molar-refractivity contribution in [1.82, 2.24) is 10.6 Å². The van der Waals surface area contributed by atoms with Crippen molar-refractivity contribution in [2.24, 2.45) is 0 Å². The zero-order chi connectivity index (χ0) is 23.4. The number of nitrogens with one attached hydrogen (secondary N) is 2. The lowest BCUT2D eigenvalue weighted by Gasteiger charge is -2.22. The van der Waals surface area contributed by atoms with E-state index >= 15 is 0 Å². The fraction of sp³-hybridized carbons (Fsp3) is 0.500. The standard InChI is InChI=1S/C20H28N2O8S/c1-20(2,3)30-19(27)22-15(17(25)28-4)12-31-11-14(16(23)24)21-18(26)29-10-13-8-6-5-7-9-13/h5-9,14-15H,10-12H2,1-4H3,(H,21,26)(H,22,27)(H,23,24)/t14-,15-/m0/s1. The highest BCUT2D eigenvalue weighted by Crippen LogP contribution is 2.11. The van der Waals surface area contributed by atoms with Gasteiger partial charge in [-0.25, -0.2) is 19.2 Å². The molecule has 2 atom stereocenters. The zero-order valence-corrected chi connectivity index (χ0v) is 18.7. The summed E-state index contributed by atoms with van der Waals surface area (Å²) in [5, 5.41) is 14.0. The second kappa shape index (κ2) is 12.7. The number of carboxylic acid groups (broad SMARTS) is 1. The average molecular weight is 457 g/mol. The van der Waals surface area contributed by atoms with Gasteiger partial charge in [0.25, 0.3) is 0 Å². The number of hydrogen-bond acceptors (Lipinski definition) is 8. The monoisotopic (exact) mass is 456 g/mol. The first kappa shape index (κ1) is 26.1. The SMILES string of the molecule is COC(=O)[C@H](CSC[C@H](NC(=O)OCc1ccccc1)C(=O)O)NC(=O)OC(C)(C)C. The van der Waals surface area contributed by atoms with Crippen molar-refractivity contribution in [2.75, 3.05) is 18.6 Å². The van der Waals surface area contributed by atoms with Gasteiger partial charge >= 0.3 is 24.1 Å². The summed E-state index contributed by atoms with van der Waals surface area (Å²) < 4.78 is 14.8. The molecule has 1 rings (SSSR count). The molecule has 11 heteroatoms. The number of ether oxygens (including phenoxy) is 3. The molecule has 0 spiro atoms. The lowest BCUT2D eigenvalue weighted by atomic mass is 10.2. The first-order valence-electron chi connectivity index (χ1n) is 9.37. The van der Waals surface area contributed by atoms with E-state index < -0.39 is 41.8 Å². The molecule has 172 valence electrons. The van der Waals surface area contributed by atoms with Crippen LogP contribution in [0.3, 0.4) is 0 Å². The van der Waals surface area contributed by atoms with Crippen LogP contribution in [0.4, 0.5) is 9.59 Å². The number of amides is 2. The van der Waals surface area contributed by atoms with E-state index in [2.05, 4.69) is 15.4 Å². The number of carboxylic acids is 1. The van der Waals surface area contributed by atoms with Crippen molar-refractivity contribution in [3.63, 3.8) is 0 Å². The summed E-state index contributed by atoms with van der Waals surface area (Å²) in [6.07, 6.45) is -1.69. The van der Waals surface area contributed by atoms with Crippen molar-refractivity contribution < 1.29 is 38.5 Å². The molecule has 0 aromatic heterocycles. The molecule has 0 unspecified atom stereocenters. The summed E-state index contributed by atoms with van der Waals surface area (Å²) in [5.74, 6) is -2.03. The van der Waals surface area contributed by atoms with Crippen LogP contribution in [-0.2, 0) is 30.4 Å². The Morgan fingerprint density at radius 1 is 1.00 bits per heavy atom. The number of carbonyl (C=O) groups excluding carboxylic acids is 3. The predicted molar refractivity (Wildman–Crippen MR) is 114 cm³/mol. The number of rotatable bonds is 10. The van der Waals surface area contributed by atoms with Gasteiger partial charge in [0.05, 0.1) is 7.11 Å². The highest BCUT2D eigenvalue weighted by Gasteiger charge is 2.27. The Kier molecular flexibility index (Phi) is 10.7. The summed E-state index contributed by atoms with van der Waals surface area (Å²) in [5.41, 5.74) is 0.00380. The molecule has 2 amide bonds. The molecule has 0 saturated heterocycles. The van der Waals surface area contributed by atoms with E-state index in [-0.39, 0.29) is 18.1 Å². The summed E-state index contributed by atoms with van der Waals surface area (Å²) in [6.45, 7) is 5.02. The molecule has 1 aromatic carbocycles. The molecule has 0 radical (unpaired) electrons. The number of benzene rings is 1. The first-order chi connectivity index (χ1) is 14.5. The van der Waals surface area contributed by atoms with E-state index in [0.717, 1.165) is 17.3 Å². The predicted octanol–water partition coefficient (Wildman–Crippen LogP) is 2.17. The maximum Gasteiger partial charge on any atom is 0.408 e. The molecule has 0 fully saturated rings. The van der Waals surface area contributed by atoms with Crippen LogP contribution in [0.5, 0.6) is 0 Å². The van der Waals surface area contributed by atoms with Crippen molar-refractivity contribution in [2.45, 2.75) is 45.1 Å². The summed E-state index contributed by atoms with van der Waals surface area (Å²) in [6, 6.07) is 6.62. The summed E-state index contributed by atoms with van der Waals surface area (Å²) in [4.78, 5) is 47.2. The Balaban J connectivity index is 2.55. The van der Waals surface area contributed by atoms with E-state index in [1.54, 1.807) is 45.0 Å². The second-order valence-electron chi connectivity index (χ2n) is 7.36. The van der Waals surface area contributed by atoms with E-state index in [1.165, 1.54) is 7.11 Å². The number of alkyl carbamates (subject to hydrolysis) is 2. The van der Waals surface area contributed by atoms with Gasteiger partial charge in [-0.2, -0.15) is 11.8 Å². The Labute approximate surface area is 185 Å². The highest BCUT2D eigenvalue weighted by atomic mass is 32.2. The molecular formula is C20H28N2O8S. The Bertz CT molecular complexity index is 751. The van der Waals surface area contributed by atoms with Gasteiger partial charge in [0.15, 0.2) is 0 Å². The van der Waals surface area contributed by atoms with Crippen molar-refractivity contribution >= 4 is 35.9 Å². The van der Waals surface area contributed by atoms with E-state index in [4.69, 9.17) is 9.47 Å². The molecule has 0 bridgehead atoms. The largest absolute Gasteiger partial charge is 0.480 e. The van der Waals surface area contributed by atoms with Crippen molar-refractivity contribution in [1.29, 1.82) is 0 Å². The minimum Gasteiger partial charge on any atom is -0.480 e. The number of carbonyl (C=O) groups is 4. The normalized spacial score (nSPS) is 12.8. The van der Waals surface area contributed by atoms with Gasteiger partial charge in [-0.3, -0.25) is 0 Å². The molecule has 0 saturated carbocycles. The third kappa shape index (κ3) is 11.1. The fourth-order valence-electron chi connectivity index (χ4n) is 2.15. The van der Waals surface area contributed by atoms with E-state index in [0.29, 0.717) is 0 Å². The molecule has 0 heterocycles. The van der Waals surface area contributed by atoms with Crippen LogP contribution < -0.4 is 10.6 Å². The Morgan fingerprint density at radius 2 is 1.58 bits per heavy atom. The topological polar surface area (TPSA) is 140 Å². The smallest absolute Gasteiger partial charge is 0.408 e. The highest BCUT2D eigenvalue weighted by molar-refractivity contribution is 7.99. The molecular weight excluding hydrogens is 428 g/mol. The van der Waals surface area contributed by atoms with Crippen LogP contribution in [-0.4, -0.2) is 65.5 Å². The molecule has 1 aromatic rings. The number of thioether (sulfide) groups is 1. The van der Waals surface area contributed by atoms with Gasteiger partial charge in [0.1, 0.15) is 24.3 Å². The molecule has 0 aliphatic carbocycles. The van der Waals surface area contributed by atoms with E-state index in [9.17, 15) is 24.3 Å². The number of esters is 1. The minimum atomic E-state index is -1.26. The lowest BCUT2D eigenvalue weighted by Crippen LogP contribution is -2.46. The third-order valence-electron chi connectivity index (χ3n) is 3.55. The van der Waals surface area contributed by atoms with Crippen LogP contribution >= 0.6 is 11.8 Å². The quantitative estimate of drug-likeness (QED) is 0.357. The van der Waals surface area contributed by atoms with Gasteiger partial charge in [0, 0.05) is 11.5 Å². The summed E-state index contributed by atoms with van der Waals surface area (Å²) >= 11 is 1.04. The first-order valence-corrected chi connectivity index (χ1v) is 10.5. The number of methoxy groups -OCH3 is 1. The van der Waals surface area contributed by atoms with E-state index in [1.807, 2.05) is 6.07 Å². The number of aliphatic carboxylic acids is 1. The van der Waals surface area contributed by atoms with Crippen molar-refractivity contribution in [3.8, 4) is 0 Å². The average Bonchev–Trinajstić information content (AvgIpc) is 2.69. The Morgan fingerprint density at radius 3 is 2.13 bits per heavy atom. The second-order valence-corrected chi connectivity index (χ2v) is 8.43. The minimum absolute atomic E-state index is 0.00359. The van der Waals surface area contributed by atoms with Crippen LogP contribution in [0.25, 0.3) is 0 Å². The third-order valence-corrected chi connectivity index (χ3v) is 4.69. The van der Waals surface area contributed by atoms with Crippen LogP contribution in [0.1, 0.15) is 26.3 Å². The van der Waals surface area contributed by atoms with Gasteiger partial charge in [0.2, 0.25) is 0 Å². The molecule has 0 aliphatic rings. The van der Waals surface area contributed by atoms with Crippen LogP contribution in [0.15, 0.2) is 30.3 Å². The molecule has 10 nitrogen and oxygen atoms in total. The molecule has 3 N–H and O–H groups in total. The van der Waals surface area contributed by atoms with Crippen molar-refractivity contribution in [3.05, 3.63) is 35.9 Å². The lowest BCUT2D eigenvalue weighted by molar-refractivity contribution is -0.142. The van der Waals surface area contributed by atoms with Gasteiger partial charge in [-0.05, 0) is 26.3 Å². The van der Waals surface area contributed by atoms with Crippen LogP contribution in [0.2, 0.25) is 0 Å². The maximum absolute atomic E-state index is 11.9. The Hall–Kier alpha value is -2.95. The fourth-order valence-corrected chi connectivity index (χ4v) is 3.20. The zero-order valence-electron chi connectivity index (χ0n) is 17.9.